The molecule has 4 heterocycles. The molecule has 3 aliphatic rings. The average Bonchev–Trinajstić information content (AvgIpc) is 3.23. The number of hydrogen-bond acceptors (Lipinski definition) is 7. The molecule has 1 N–H and O–H groups in total. The summed E-state index contributed by atoms with van der Waals surface area (Å²) in [5.41, 5.74) is 1.01. The van der Waals surface area contributed by atoms with Crippen molar-refractivity contribution in [1.82, 2.24) is 19.8 Å². The van der Waals surface area contributed by atoms with Crippen LogP contribution in [0.5, 0.6) is 5.75 Å². The fraction of sp³-hybridized carbons (Fsp3) is 0.621. The van der Waals surface area contributed by atoms with Crippen LogP contribution in [0.2, 0.25) is 0 Å². The Morgan fingerprint density at radius 1 is 1.00 bits per heavy atom. The highest BCUT2D eigenvalue weighted by atomic mass is 16.5. The lowest BCUT2D eigenvalue weighted by atomic mass is 9.98. The van der Waals surface area contributed by atoms with Gasteiger partial charge in [0.25, 0.3) is 0 Å². The molecule has 1 aromatic heterocycles. The molecular formula is C29H42N6O2. The number of benzene rings is 1. The van der Waals surface area contributed by atoms with Crippen molar-refractivity contribution in [2.75, 3.05) is 56.6 Å². The van der Waals surface area contributed by atoms with Gasteiger partial charge in [-0.15, -0.1) is 0 Å². The standard InChI is InChI=1S/C29H42N6O2/c1-37-26-12-6-9-23(19-26)20-28(36)35-18-8-11-25(22-35)34-17-7-10-24(21-34)31-29-30-14-13-27(32-29)33-15-4-2-3-5-16-33/h6,9,12-14,19,24-25H,2-5,7-8,10-11,15-18,20-22H2,1H3,(H,30,31,32). The maximum atomic E-state index is 13.1. The molecule has 2 atom stereocenters. The van der Waals surface area contributed by atoms with E-state index in [4.69, 9.17) is 9.72 Å². The largest absolute Gasteiger partial charge is 0.497 e. The van der Waals surface area contributed by atoms with Crippen molar-refractivity contribution < 1.29 is 9.53 Å². The van der Waals surface area contributed by atoms with Crippen LogP contribution in [0.15, 0.2) is 36.5 Å². The SMILES string of the molecule is COc1cccc(CC(=O)N2CCCC(N3CCCC(Nc4nccc(N5CCCCCC5)n4)C3)C2)c1. The van der Waals surface area contributed by atoms with Gasteiger partial charge in [0.05, 0.1) is 13.5 Å². The van der Waals surface area contributed by atoms with Gasteiger partial charge in [-0.05, 0) is 68.8 Å². The molecule has 1 aromatic carbocycles. The second-order valence-electron chi connectivity index (χ2n) is 10.8. The molecule has 3 fully saturated rings. The zero-order valence-corrected chi connectivity index (χ0v) is 22.3. The minimum Gasteiger partial charge on any atom is -0.497 e. The van der Waals surface area contributed by atoms with Crippen molar-refractivity contribution in [2.45, 2.75) is 69.9 Å². The Kier molecular flexibility index (Phi) is 8.76. The van der Waals surface area contributed by atoms with E-state index in [2.05, 4.69) is 25.0 Å². The van der Waals surface area contributed by atoms with Crippen LogP contribution in [0.4, 0.5) is 11.8 Å². The normalized spacial score (nSPS) is 23.4. The highest BCUT2D eigenvalue weighted by molar-refractivity contribution is 5.79. The van der Waals surface area contributed by atoms with Crippen LogP contribution >= 0.6 is 0 Å². The molecule has 200 valence electrons. The zero-order chi connectivity index (χ0) is 25.5. The topological polar surface area (TPSA) is 73.8 Å². The number of anilines is 2. The number of nitrogens with one attached hydrogen (secondary N) is 1. The monoisotopic (exact) mass is 506 g/mol. The Balaban J connectivity index is 1.16. The van der Waals surface area contributed by atoms with Crippen LogP contribution in [0.3, 0.4) is 0 Å². The molecule has 0 aliphatic carbocycles. The zero-order valence-electron chi connectivity index (χ0n) is 22.3. The van der Waals surface area contributed by atoms with Crippen LogP contribution in [-0.2, 0) is 11.2 Å². The van der Waals surface area contributed by atoms with Gasteiger partial charge in [-0.3, -0.25) is 9.69 Å². The molecule has 0 saturated carbocycles. The molecule has 37 heavy (non-hydrogen) atoms. The Morgan fingerprint density at radius 2 is 1.84 bits per heavy atom. The first-order valence-corrected chi connectivity index (χ1v) is 14.2. The van der Waals surface area contributed by atoms with E-state index in [1.165, 1.54) is 25.7 Å². The van der Waals surface area contributed by atoms with Crippen LogP contribution in [0.25, 0.3) is 0 Å². The lowest BCUT2D eigenvalue weighted by Gasteiger charge is -2.43. The number of nitrogens with zero attached hydrogens (tertiary/aromatic N) is 5. The second kappa shape index (κ2) is 12.6. The number of ether oxygens (including phenoxy) is 1. The summed E-state index contributed by atoms with van der Waals surface area (Å²) in [6.45, 7) is 5.91. The number of carbonyl (C=O) groups excluding carboxylic acids is 1. The van der Waals surface area contributed by atoms with E-state index < -0.39 is 0 Å². The number of piperidine rings is 2. The highest BCUT2D eigenvalue weighted by Crippen LogP contribution is 2.24. The summed E-state index contributed by atoms with van der Waals surface area (Å²) < 4.78 is 5.32. The number of likely N-dealkylation sites (tertiary alicyclic amines) is 2. The quantitative estimate of drug-likeness (QED) is 0.609. The third-order valence-corrected chi connectivity index (χ3v) is 8.11. The second-order valence-corrected chi connectivity index (χ2v) is 10.8. The molecule has 2 aromatic rings. The van der Waals surface area contributed by atoms with Crippen LogP contribution < -0.4 is 15.0 Å². The summed E-state index contributed by atoms with van der Waals surface area (Å²) in [5, 5.41) is 3.64. The smallest absolute Gasteiger partial charge is 0.227 e. The Hall–Kier alpha value is -2.87. The minimum atomic E-state index is 0.211. The predicted octanol–water partition coefficient (Wildman–Crippen LogP) is 3.98. The molecule has 8 heteroatoms. The molecule has 0 radical (unpaired) electrons. The number of hydrogen-bond donors (Lipinski definition) is 1. The van der Waals surface area contributed by atoms with Gasteiger partial charge >= 0.3 is 0 Å². The van der Waals surface area contributed by atoms with E-state index in [1.807, 2.05) is 36.5 Å². The van der Waals surface area contributed by atoms with Crippen LogP contribution in [-0.4, -0.2) is 84.1 Å². The first-order chi connectivity index (χ1) is 18.2. The van der Waals surface area contributed by atoms with Crippen molar-refractivity contribution >= 4 is 17.7 Å². The third-order valence-electron chi connectivity index (χ3n) is 8.11. The Labute approximate surface area is 221 Å². The van der Waals surface area contributed by atoms with Crippen molar-refractivity contribution in [3.05, 3.63) is 42.1 Å². The fourth-order valence-electron chi connectivity index (χ4n) is 6.08. The van der Waals surface area contributed by atoms with E-state index in [0.717, 1.165) is 88.0 Å². The molecule has 3 saturated heterocycles. The molecular weight excluding hydrogens is 464 g/mol. The van der Waals surface area contributed by atoms with E-state index in [0.29, 0.717) is 18.5 Å². The number of carbonyl (C=O) groups is 1. The first kappa shape index (κ1) is 25.8. The third kappa shape index (κ3) is 6.92. The summed E-state index contributed by atoms with van der Waals surface area (Å²) in [6, 6.07) is 10.6. The van der Waals surface area contributed by atoms with Gasteiger partial charge in [-0.2, -0.15) is 4.98 Å². The molecule has 1 amide bonds. The summed E-state index contributed by atoms with van der Waals surface area (Å²) in [7, 11) is 1.66. The fourth-order valence-corrected chi connectivity index (χ4v) is 6.08. The Bertz CT molecular complexity index is 1020. The number of rotatable bonds is 7. The molecule has 3 aliphatic heterocycles. The van der Waals surface area contributed by atoms with Crippen LogP contribution in [0.1, 0.15) is 56.9 Å². The van der Waals surface area contributed by atoms with Gasteiger partial charge in [0.1, 0.15) is 11.6 Å². The molecule has 0 bridgehead atoms. The van der Waals surface area contributed by atoms with E-state index in [-0.39, 0.29) is 5.91 Å². The highest BCUT2D eigenvalue weighted by Gasteiger charge is 2.31. The van der Waals surface area contributed by atoms with Crippen molar-refractivity contribution in [1.29, 1.82) is 0 Å². The van der Waals surface area contributed by atoms with Crippen molar-refractivity contribution in [3.8, 4) is 5.75 Å². The average molecular weight is 507 g/mol. The molecule has 8 nitrogen and oxygen atoms in total. The lowest BCUT2D eigenvalue weighted by molar-refractivity contribution is -0.132. The van der Waals surface area contributed by atoms with E-state index >= 15 is 0 Å². The van der Waals surface area contributed by atoms with Gasteiger partial charge in [0, 0.05) is 51.0 Å². The predicted molar refractivity (Wildman–Crippen MR) is 147 cm³/mol. The number of aromatic nitrogens is 2. The lowest BCUT2D eigenvalue weighted by Crippen LogP contribution is -2.54. The van der Waals surface area contributed by atoms with Crippen molar-refractivity contribution in [3.63, 3.8) is 0 Å². The maximum absolute atomic E-state index is 13.1. The van der Waals surface area contributed by atoms with Crippen LogP contribution in [0, 0.1) is 0 Å². The first-order valence-electron chi connectivity index (χ1n) is 14.2. The minimum absolute atomic E-state index is 0.211. The Morgan fingerprint density at radius 3 is 2.68 bits per heavy atom. The molecule has 2 unspecified atom stereocenters. The van der Waals surface area contributed by atoms with Gasteiger partial charge < -0.3 is 19.9 Å². The van der Waals surface area contributed by atoms with Crippen molar-refractivity contribution in [2.24, 2.45) is 0 Å². The van der Waals surface area contributed by atoms with Gasteiger partial charge in [-0.25, -0.2) is 4.98 Å². The maximum Gasteiger partial charge on any atom is 0.227 e. The van der Waals surface area contributed by atoms with Gasteiger partial charge in [0.2, 0.25) is 11.9 Å². The summed E-state index contributed by atoms with van der Waals surface area (Å²) in [5.74, 6) is 2.80. The summed E-state index contributed by atoms with van der Waals surface area (Å²) >= 11 is 0. The number of amides is 1. The molecule has 0 spiro atoms. The van der Waals surface area contributed by atoms with E-state index in [9.17, 15) is 4.79 Å². The van der Waals surface area contributed by atoms with E-state index in [1.54, 1.807) is 7.11 Å². The molecule has 5 rings (SSSR count). The summed E-state index contributed by atoms with van der Waals surface area (Å²) in [4.78, 5) is 29.6. The van der Waals surface area contributed by atoms with Gasteiger partial charge in [-0.1, -0.05) is 25.0 Å². The number of methoxy groups -OCH3 is 1. The summed E-state index contributed by atoms with van der Waals surface area (Å²) in [6.07, 6.45) is 11.9. The van der Waals surface area contributed by atoms with Gasteiger partial charge in [0.15, 0.2) is 0 Å².